The van der Waals surface area contributed by atoms with Gasteiger partial charge in [-0.1, -0.05) is 0 Å². The van der Waals surface area contributed by atoms with Crippen LogP contribution in [0.2, 0.25) is 0 Å². The summed E-state index contributed by atoms with van der Waals surface area (Å²) in [5.41, 5.74) is 0. The van der Waals surface area contributed by atoms with Crippen molar-refractivity contribution in [2.45, 2.75) is 18.9 Å². The van der Waals surface area contributed by atoms with Crippen LogP contribution in [0.25, 0.3) is 0 Å². The van der Waals surface area contributed by atoms with Gasteiger partial charge in [-0.3, -0.25) is 0 Å². The Kier molecular flexibility index (Phi) is 3.34. The summed E-state index contributed by atoms with van der Waals surface area (Å²) in [5, 5.41) is 9.68. The third-order valence-electron chi connectivity index (χ3n) is 2.58. The SMILES string of the molecule is CNc1ccnc(NC2CCNCC2)n1. The van der Waals surface area contributed by atoms with Gasteiger partial charge in [-0.2, -0.15) is 4.98 Å². The molecule has 0 spiro atoms. The molecule has 1 fully saturated rings. The van der Waals surface area contributed by atoms with Gasteiger partial charge in [0, 0.05) is 19.3 Å². The first-order chi connectivity index (χ1) is 7.38. The summed E-state index contributed by atoms with van der Waals surface area (Å²) < 4.78 is 0. The van der Waals surface area contributed by atoms with Gasteiger partial charge in [-0.05, 0) is 32.0 Å². The Hall–Kier alpha value is -1.36. The molecule has 1 aromatic rings. The number of nitrogens with zero attached hydrogens (tertiary/aromatic N) is 2. The number of anilines is 2. The lowest BCUT2D eigenvalue weighted by atomic mass is 10.1. The number of hydrogen-bond acceptors (Lipinski definition) is 5. The van der Waals surface area contributed by atoms with Gasteiger partial charge in [0.2, 0.25) is 5.95 Å². The van der Waals surface area contributed by atoms with E-state index in [-0.39, 0.29) is 0 Å². The van der Waals surface area contributed by atoms with Crippen LogP contribution in [0, 0.1) is 0 Å². The summed E-state index contributed by atoms with van der Waals surface area (Å²) in [5.74, 6) is 1.56. The number of piperidine rings is 1. The lowest BCUT2D eigenvalue weighted by molar-refractivity contribution is 0.477. The molecule has 0 aromatic carbocycles. The van der Waals surface area contributed by atoms with E-state index in [1.54, 1.807) is 6.20 Å². The molecule has 82 valence electrons. The Morgan fingerprint density at radius 1 is 1.40 bits per heavy atom. The van der Waals surface area contributed by atoms with Crippen molar-refractivity contribution in [1.82, 2.24) is 15.3 Å². The van der Waals surface area contributed by atoms with Crippen molar-refractivity contribution in [2.24, 2.45) is 0 Å². The van der Waals surface area contributed by atoms with E-state index >= 15 is 0 Å². The summed E-state index contributed by atoms with van der Waals surface area (Å²) in [6.45, 7) is 2.15. The van der Waals surface area contributed by atoms with E-state index in [1.165, 1.54) is 0 Å². The number of nitrogens with one attached hydrogen (secondary N) is 3. The second-order valence-corrected chi connectivity index (χ2v) is 3.68. The van der Waals surface area contributed by atoms with Crippen LogP contribution >= 0.6 is 0 Å². The van der Waals surface area contributed by atoms with Crippen LogP contribution in [0.4, 0.5) is 11.8 Å². The van der Waals surface area contributed by atoms with E-state index in [9.17, 15) is 0 Å². The largest absolute Gasteiger partial charge is 0.373 e. The van der Waals surface area contributed by atoms with Crippen LogP contribution in [0.3, 0.4) is 0 Å². The maximum atomic E-state index is 4.33. The van der Waals surface area contributed by atoms with Gasteiger partial charge in [-0.15, -0.1) is 0 Å². The van der Waals surface area contributed by atoms with E-state index in [4.69, 9.17) is 0 Å². The van der Waals surface area contributed by atoms with Crippen molar-refractivity contribution in [2.75, 3.05) is 30.8 Å². The van der Waals surface area contributed by atoms with Gasteiger partial charge in [0.15, 0.2) is 0 Å². The van der Waals surface area contributed by atoms with E-state index in [0.717, 1.165) is 31.7 Å². The van der Waals surface area contributed by atoms with E-state index in [2.05, 4.69) is 25.9 Å². The Balaban J connectivity index is 1.96. The van der Waals surface area contributed by atoms with Crippen molar-refractivity contribution >= 4 is 11.8 Å². The number of hydrogen-bond donors (Lipinski definition) is 3. The highest BCUT2D eigenvalue weighted by Crippen LogP contribution is 2.10. The van der Waals surface area contributed by atoms with Crippen molar-refractivity contribution < 1.29 is 0 Å². The first-order valence-electron chi connectivity index (χ1n) is 5.36. The maximum Gasteiger partial charge on any atom is 0.224 e. The predicted molar refractivity (Wildman–Crippen MR) is 61.1 cm³/mol. The van der Waals surface area contributed by atoms with Crippen LogP contribution in [0.1, 0.15) is 12.8 Å². The van der Waals surface area contributed by atoms with Crippen LogP contribution in [0.15, 0.2) is 12.3 Å². The molecule has 0 unspecified atom stereocenters. The summed E-state index contributed by atoms with van der Waals surface area (Å²) >= 11 is 0. The van der Waals surface area contributed by atoms with Gasteiger partial charge in [0.25, 0.3) is 0 Å². The van der Waals surface area contributed by atoms with Crippen molar-refractivity contribution in [3.8, 4) is 0 Å². The van der Waals surface area contributed by atoms with E-state index in [1.807, 2.05) is 13.1 Å². The maximum absolute atomic E-state index is 4.33. The quantitative estimate of drug-likeness (QED) is 0.680. The molecule has 0 atom stereocenters. The summed E-state index contributed by atoms with van der Waals surface area (Å²) in [7, 11) is 1.86. The highest BCUT2D eigenvalue weighted by molar-refractivity contribution is 5.39. The van der Waals surface area contributed by atoms with Crippen LogP contribution in [0.5, 0.6) is 0 Å². The Morgan fingerprint density at radius 2 is 2.20 bits per heavy atom. The van der Waals surface area contributed by atoms with Crippen LogP contribution in [-0.4, -0.2) is 36.1 Å². The molecule has 2 heterocycles. The fourth-order valence-corrected chi connectivity index (χ4v) is 1.72. The zero-order valence-electron chi connectivity index (χ0n) is 8.95. The van der Waals surface area contributed by atoms with Crippen molar-refractivity contribution in [1.29, 1.82) is 0 Å². The van der Waals surface area contributed by atoms with Crippen molar-refractivity contribution in [3.63, 3.8) is 0 Å². The zero-order valence-corrected chi connectivity index (χ0v) is 8.95. The fourth-order valence-electron chi connectivity index (χ4n) is 1.72. The molecule has 0 bridgehead atoms. The van der Waals surface area contributed by atoms with Gasteiger partial charge < -0.3 is 16.0 Å². The first-order valence-corrected chi connectivity index (χ1v) is 5.36. The van der Waals surface area contributed by atoms with Crippen LogP contribution in [-0.2, 0) is 0 Å². The minimum absolute atomic E-state index is 0.498. The van der Waals surface area contributed by atoms with Crippen LogP contribution < -0.4 is 16.0 Å². The number of rotatable bonds is 3. The molecule has 0 amide bonds. The average molecular weight is 207 g/mol. The topological polar surface area (TPSA) is 61.9 Å². The Labute approximate surface area is 89.7 Å². The van der Waals surface area contributed by atoms with Gasteiger partial charge in [0.1, 0.15) is 5.82 Å². The predicted octanol–water partition coefficient (Wildman–Crippen LogP) is 0.682. The standard InChI is InChI=1S/C10H17N5/c1-11-9-4-7-13-10(15-9)14-8-2-5-12-6-3-8/h4,7-8,12H,2-3,5-6H2,1H3,(H2,11,13,14,15). The second kappa shape index (κ2) is 4.93. The smallest absolute Gasteiger partial charge is 0.224 e. The molecule has 1 aromatic heterocycles. The minimum Gasteiger partial charge on any atom is -0.373 e. The molecule has 0 radical (unpaired) electrons. The zero-order chi connectivity index (χ0) is 10.5. The normalized spacial score (nSPS) is 17.4. The molecule has 1 aliphatic heterocycles. The molecule has 5 heteroatoms. The molecule has 2 rings (SSSR count). The molecular weight excluding hydrogens is 190 g/mol. The molecule has 0 aliphatic carbocycles. The first kappa shape index (κ1) is 10.2. The average Bonchev–Trinajstić information content (AvgIpc) is 2.31. The van der Waals surface area contributed by atoms with Crippen molar-refractivity contribution in [3.05, 3.63) is 12.3 Å². The number of aromatic nitrogens is 2. The van der Waals surface area contributed by atoms with E-state index < -0.39 is 0 Å². The Morgan fingerprint density at radius 3 is 2.93 bits per heavy atom. The molecule has 1 aliphatic rings. The lowest BCUT2D eigenvalue weighted by Gasteiger charge is -2.23. The molecule has 15 heavy (non-hydrogen) atoms. The minimum atomic E-state index is 0.498. The highest BCUT2D eigenvalue weighted by atomic mass is 15.1. The monoisotopic (exact) mass is 207 g/mol. The molecular formula is C10H17N5. The molecule has 5 nitrogen and oxygen atoms in total. The Bertz CT molecular complexity index is 308. The summed E-state index contributed by atoms with van der Waals surface area (Å²) in [6, 6.07) is 2.35. The lowest BCUT2D eigenvalue weighted by Crippen LogP contribution is -2.35. The third-order valence-corrected chi connectivity index (χ3v) is 2.58. The summed E-state index contributed by atoms with van der Waals surface area (Å²) in [6.07, 6.45) is 4.03. The molecule has 0 saturated carbocycles. The molecule has 3 N–H and O–H groups in total. The van der Waals surface area contributed by atoms with Gasteiger partial charge in [0.05, 0.1) is 0 Å². The fraction of sp³-hybridized carbons (Fsp3) is 0.600. The molecule has 1 saturated heterocycles. The van der Waals surface area contributed by atoms with Gasteiger partial charge >= 0.3 is 0 Å². The highest BCUT2D eigenvalue weighted by Gasteiger charge is 2.13. The summed E-state index contributed by atoms with van der Waals surface area (Å²) in [4.78, 5) is 8.53. The van der Waals surface area contributed by atoms with Gasteiger partial charge in [-0.25, -0.2) is 4.98 Å². The van der Waals surface area contributed by atoms with E-state index in [0.29, 0.717) is 12.0 Å². The second-order valence-electron chi connectivity index (χ2n) is 3.68. The third kappa shape index (κ3) is 2.79.